The smallest absolute Gasteiger partial charge is 0.124 e. The highest BCUT2D eigenvalue weighted by Gasteiger charge is 2.13. The zero-order chi connectivity index (χ0) is 15.9. The Balaban J connectivity index is 2.81. The Bertz CT molecular complexity index is 420. The predicted octanol–water partition coefficient (Wildman–Crippen LogP) is 4.40. The van der Waals surface area contributed by atoms with Crippen molar-refractivity contribution in [2.24, 2.45) is 5.92 Å². The molecular formula is C18H31NO2. The lowest BCUT2D eigenvalue weighted by molar-refractivity contribution is 0.237. The molecule has 1 aromatic carbocycles. The van der Waals surface area contributed by atoms with E-state index < -0.39 is 0 Å². The van der Waals surface area contributed by atoms with E-state index in [9.17, 15) is 0 Å². The molecule has 1 aromatic rings. The van der Waals surface area contributed by atoms with Gasteiger partial charge in [-0.25, -0.2) is 0 Å². The van der Waals surface area contributed by atoms with E-state index in [-0.39, 0.29) is 5.54 Å². The second kappa shape index (κ2) is 8.28. The molecule has 0 saturated heterocycles. The van der Waals surface area contributed by atoms with E-state index in [1.807, 2.05) is 12.1 Å². The minimum Gasteiger partial charge on any atom is -0.497 e. The lowest BCUT2D eigenvalue weighted by Crippen LogP contribution is -2.35. The third kappa shape index (κ3) is 6.38. The third-order valence-electron chi connectivity index (χ3n) is 3.71. The Hall–Kier alpha value is -1.22. The topological polar surface area (TPSA) is 30.5 Å². The van der Waals surface area contributed by atoms with Crippen LogP contribution in [0, 0.1) is 5.92 Å². The molecule has 0 atom stereocenters. The molecule has 0 fully saturated rings. The molecule has 0 radical (unpaired) electrons. The number of nitrogens with one attached hydrogen (secondary N) is 1. The minimum absolute atomic E-state index is 0.0791. The zero-order valence-electron chi connectivity index (χ0n) is 14.5. The Morgan fingerprint density at radius 3 is 2.33 bits per heavy atom. The predicted molar refractivity (Wildman–Crippen MR) is 89.2 cm³/mol. The average Bonchev–Trinajstić information content (AvgIpc) is 2.46. The van der Waals surface area contributed by atoms with Crippen LogP contribution < -0.4 is 14.8 Å². The SMILES string of the molecule is CCC(CC)COc1ccc(OC)cc1CNC(C)(C)C. The standard InChI is InChI=1S/C18H31NO2/c1-7-14(8-2)13-21-17-10-9-16(20-6)11-15(17)12-19-18(3,4)5/h9-11,14,19H,7-8,12-13H2,1-6H3. The fraction of sp³-hybridized carbons (Fsp3) is 0.667. The van der Waals surface area contributed by atoms with Gasteiger partial charge < -0.3 is 14.8 Å². The summed E-state index contributed by atoms with van der Waals surface area (Å²) in [5, 5.41) is 3.51. The van der Waals surface area contributed by atoms with Crippen molar-refractivity contribution in [3.63, 3.8) is 0 Å². The molecule has 21 heavy (non-hydrogen) atoms. The lowest BCUT2D eigenvalue weighted by atomic mass is 10.1. The van der Waals surface area contributed by atoms with Gasteiger partial charge in [0.25, 0.3) is 0 Å². The van der Waals surface area contributed by atoms with Gasteiger partial charge in [0, 0.05) is 17.6 Å². The Morgan fingerprint density at radius 2 is 1.81 bits per heavy atom. The van der Waals surface area contributed by atoms with Crippen molar-refractivity contribution >= 4 is 0 Å². The number of hydrogen-bond acceptors (Lipinski definition) is 3. The summed E-state index contributed by atoms with van der Waals surface area (Å²) >= 11 is 0. The van der Waals surface area contributed by atoms with Gasteiger partial charge >= 0.3 is 0 Å². The van der Waals surface area contributed by atoms with Crippen molar-refractivity contribution in [1.82, 2.24) is 5.32 Å². The molecule has 0 amide bonds. The highest BCUT2D eigenvalue weighted by molar-refractivity contribution is 5.40. The molecule has 120 valence electrons. The first-order chi connectivity index (χ1) is 9.89. The van der Waals surface area contributed by atoms with Crippen LogP contribution >= 0.6 is 0 Å². The van der Waals surface area contributed by atoms with E-state index in [1.54, 1.807) is 7.11 Å². The van der Waals surface area contributed by atoms with E-state index in [1.165, 1.54) is 0 Å². The summed E-state index contributed by atoms with van der Waals surface area (Å²) in [7, 11) is 1.70. The van der Waals surface area contributed by atoms with E-state index in [4.69, 9.17) is 9.47 Å². The molecule has 0 aromatic heterocycles. The molecule has 1 rings (SSSR count). The van der Waals surface area contributed by atoms with E-state index in [0.29, 0.717) is 5.92 Å². The fourth-order valence-corrected chi connectivity index (χ4v) is 2.05. The molecule has 3 nitrogen and oxygen atoms in total. The molecule has 0 saturated carbocycles. The molecule has 3 heteroatoms. The average molecular weight is 293 g/mol. The van der Waals surface area contributed by atoms with E-state index in [0.717, 1.165) is 43.1 Å². The second-order valence-corrected chi connectivity index (χ2v) is 6.57. The first kappa shape index (κ1) is 17.8. The summed E-state index contributed by atoms with van der Waals surface area (Å²) in [6.45, 7) is 12.5. The van der Waals surface area contributed by atoms with Gasteiger partial charge in [0.2, 0.25) is 0 Å². The molecule has 0 heterocycles. The maximum atomic E-state index is 6.05. The van der Waals surface area contributed by atoms with Crippen LogP contribution in [0.5, 0.6) is 11.5 Å². The summed E-state index contributed by atoms with van der Waals surface area (Å²) in [6.07, 6.45) is 2.31. The second-order valence-electron chi connectivity index (χ2n) is 6.57. The third-order valence-corrected chi connectivity index (χ3v) is 3.71. The molecule has 1 N–H and O–H groups in total. The maximum absolute atomic E-state index is 6.05. The van der Waals surface area contributed by atoms with Crippen LogP contribution in [0.25, 0.3) is 0 Å². The van der Waals surface area contributed by atoms with Crippen molar-refractivity contribution in [2.75, 3.05) is 13.7 Å². The molecular weight excluding hydrogens is 262 g/mol. The van der Waals surface area contributed by atoms with Gasteiger partial charge in [0.1, 0.15) is 11.5 Å². The minimum atomic E-state index is 0.0791. The van der Waals surface area contributed by atoms with Crippen LogP contribution in [-0.4, -0.2) is 19.3 Å². The number of ether oxygens (including phenoxy) is 2. The molecule has 0 aliphatic rings. The zero-order valence-corrected chi connectivity index (χ0v) is 14.5. The largest absolute Gasteiger partial charge is 0.497 e. The van der Waals surface area contributed by atoms with Crippen molar-refractivity contribution < 1.29 is 9.47 Å². The van der Waals surface area contributed by atoms with Crippen molar-refractivity contribution in [2.45, 2.75) is 59.5 Å². The number of methoxy groups -OCH3 is 1. The summed E-state index contributed by atoms with van der Waals surface area (Å²) in [6, 6.07) is 6.03. The quantitative estimate of drug-likeness (QED) is 0.770. The van der Waals surface area contributed by atoms with Gasteiger partial charge in [-0.2, -0.15) is 0 Å². The normalized spacial score (nSPS) is 11.8. The Labute approximate surface area is 130 Å². The number of rotatable bonds is 8. The monoisotopic (exact) mass is 293 g/mol. The highest BCUT2D eigenvalue weighted by atomic mass is 16.5. The number of hydrogen-bond donors (Lipinski definition) is 1. The Morgan fingerprint density at radius 1 is 1.14 bits per heavy atom. The van der Waals surface area contributed by atoms with Gasteiger partial charge in [-0.15, -0.1) is 0 Å². The molecule has 0 spiro atoms. The van der Waals surface area contributed by atoms with Gasteiger partial charge in [-0.1, -0.05) is 26.7 Å². The summed E-state index contributed by atoms with van der Waals surface area (Å²) < 4.78 is 11.4. The summed E-state index contributed by atoms with van der Waals surface area (Å²) in [5.74, 6) is 2.45. The Kier molecular flexibility index (Phi) is 7.03. The molecule has 0 bridgehead atoms. The molecule has 0 aliphatic carbocycles. The van der Waals surface area contributed by atoms with Gasteiger partial charge in [-0.05, 0) is 44.9 Å². The van der Waals surface area contributed by atoms with Gasteiger partial charge in [0.05, 0.1) is 13.7 Å². The number of benzene rings is 1. The van der Waals surface area contributed by atoms with Crippen LogP contribution in [0.15, 0.2) is 18.2 Å². The van der Waals surface area contributed by atoms with Crippen LogP contribution in [-0.2, 0) is 6.54 Å². The first-order valence-corrected chi connectivity index (χ1v) is 7.94. The first-order valence-electron chi connectivity index (χ1n) is 7.94. The lowest BCUT2D eigenvalue weighted by Gasteiger charge is -2.22. The van der Waals surface area contributed by atoms with Crippen molar-refractivity contribution in [3.05, 3.63) is 23.8 Å². The van der Waals surface area contributed by atoms with Crippen LogP contribution in [0.2, 0.25) is 0 Å². The van der Waals surface area contributed by atoms with Crippen LogP contribution in [0.4, 0.5) is 0 Å². The molecule has 0 unspecified atom stereocenters. The van der Waals surface area contributed by atoms with Gasteiger partial charge in [-0.3, -0.25) is 0 Å². The van der Waals surface area contributed by atoms with Crippen LogP contribution in [0.3, 0.4) is 0 Å². The summed E-state index contributed by atoms with van der Waals surface area (Å²) in [4.78, 5) is 0. The summed E-state index contributed by atoms with van der Waals surface area (Å²) in [5.41, 5.74) is 1.23. The van der Waals surface area contributed by atoms with E-state index >= 15 is 0 Å². The van der Waals surface area contributed by atoms with Crippen molar-refractivity contribution in [3.8, 4) is 11.5 Å². The highest BCUT2D eigenvalue weighted by Crippen LogP contribution is 2.25. The fourth-order valence-electron chi connectivity index (χ4n) is 2.05. The maximum Gasteiger partial charge on any atom is 0.124 e. The van der Waals surface area contributed by atoms with Crippen molar-refractivity contribution in [1.29, 1.82) is 0 Å². The van der Waals surface area contributed by atoms with Crippen LogP contribution in [0.1, 0.15) is 53.0 Å². The van der Waals surface area contributed by atoms with Gasteiger partial charge in [0.15, 0.2) is 0 Å². The molecule has 0 aliphatic heterocycles. The van der Waals surface area contributed by atoms with E-state index in [2.05, 4.69) is 46.0 Å².